The summed E-state index contributed by atoms with van der Waals surface area (Å²) in [7, 11) is 5.61. The molecule has 2 rings (SSSR count). The van der Waals surface area contributed by atoms with Crippen LogP contribution in [0.5, 0.6) is 5.75 Å². The van der Waals surface area contributed by atoms with Gasteiger partial charge in [-0.25, -0.2) is 4.79 Å². The zero-order valence-electron chi connectivity index (χ0n) is 15.5. The van der Waals surface area contributed by atoms with Crippen molar-refractivity contribution in [3.05, 3.63) is 59.7 Å². The smallest absolute Gasteiger partial charge is 0.319 e. The van der Waals surface area contributed by atoms with Crippen LogP contribution >= 0.6 is 0 Å². The average Bonchev–Trinajstić information content (AvgIpc) is 2.55. The summed E-state index contributed by atoms with van der Waals surface area (Å²) < 4.78 is 5.31. The van der Waals surface area contributed by atoms with Crippen molar-refractivity contribution >= 4 is 11.7 Å². The van der Waals surface area contributed by atoms with Crippen molar-refractivity contribution in [1.82, 2.24) is 10.2 Å². The molecule has 0 aliphatic heterocycles. The van der Waals surface area contributed by atoms with Crippen LogP contribution in [0.1, 0.15) is 24.1 Å². The van der Waals surface area contributed by atoms with Gasteiger partial charge in [0.2, 0.25) is 0 Å². The molecule has 5 nitrogen and oxygen atoms in total. The lowest BCUT2D eigenvalue weighted by Gasteiger charge is -2.31. The van der Waals surface area contributed by atoms with Gasteiger partial charge in [0, 0.05) is 6.04 Å². The molecule has 25 heavy (non-hydrogen) atoms. The number of hydrogen-bond acceptors (Lipinski definition) is 3. The summed E-state index contributed by atoms with van der Waals surface area (Å²) in [5, 5.41) is 5.92. The van der Waals surface area contributed by atoms with E-state index in [1.165, 1.54) is 0 Å². The molecule has 5 heteroatoms. The maximum Gasteiger partial charge on any atom is 0.319 e. The number of ether oxygens (including phenoxy) is 1. The lowest BCUT2D eigenvalue weighted by molar-refractivity contribution is 0.223. The Balaban J connectivity index is 2.10. The zero-order valence-corrected chi connectivity index (χ0v) is 15.5. The standard InChI is InChI=1S/C20H27N3O2/c1-14-11-12-18(25-5)17(13-14)22-20(24)21-15(2)19(23(3)4)16-9-7-6-8-10-16/h6-13,15,19H,1-5H3,(H2,21,22,24)/t15-,19-/m0/s1. The molecular weight excluding hydrogens is 314 g/mol. The first-order valence-corrected chi connectivity index (χ1v) is 8.36. The van der Waals surface area contributed by atoms with Crippen molar-refractivity contribution in [3.63, 3.8) is 0 Å². The number of anilines is 1. The van der Waals surface area contributed by atoms with Crippen LogP contribution in [0.4, 0.5) is 10.5 Å². The van der Waals surface area contributed by atoms with Gasteiger partial charge in [0.1, 0.15) is 5.75 Å². The van der Waals surface area contributed by atoms with Crippen LogP contribution in [-0.2, 0) is 0 Å². The topological polar surface area (TPSA) is 53.6 Å². The fraction of sp³-hybridized carbons (Fsp3) is 0.350. The number of rotatable bonds is 6. The summed E-state index contributed by atoms with van der Waals surface area (Å²) in [5.41, 5.74) is 2.88. The van der Waals surface area contributed by atoms with Gasteiger partial charge < -0.3 is 20.3 Å². The second-order valence-electron chi connectivity index (χ2n) is 6.41. The molecular formula is C20H27N3O2. The molecule has 2 N–H and O–H groups in total. The second-order valence-corrected chi connectivity index (χ2v) is 6.41. The Labute approximate surface area is 150 Å². The lowest BCUT2D eigenvalue weighted by Crippen LogP contribution is -2.44. The van der Waals surface area contributed by atoms with Gasteiger partial charge in [-0.05, 0) is 51.2 Å². The van der Waals surface area contributed by atoms with E-state index in [9.17, 15) is 4.79 Å². The van der Waals surface area contributed by atoms with Crippen LogP contribution in [0.2, 0.25) is 0 Å². The summed E-state index contributed by atoms with van der Waals surface area (Å²) >= 11 is 0. The van der Waals surface area contributed by atoms with E-state index in [0.717, 1.165) is 11.1 Å². The lowest BCUT2D eigenvalue weighted by atomic mass is 9.99. The Bertz CT molecular complexity index is 701. The number of methoxy groups -OCH3 is 1. The Kier molecular flexibility index (Phi) is 6.42. The summed E-state index contributed by atoms with van der Waals surface area (Å²) in [5.74, 6) is 0.639. The first kappa shape index (κ1) is 18.8. The maximum atomic E-state index is 12.5. The van der Waals surface area contributed by atoms with Crippen LogP contribution in [0.25, 0.3) is 0 Å². The number of aryl methyl sites for hydroxylation is 1. The SMILES string of the molecule is COc1ccc(C)cc1NC(=O)N[C@@H](C)[C@@H](c1ccccc1)N(C)C. The van der Waals surface area contributed by atoms with Gasteiger partial charge in [0.25, 0.3) is 0 Å². The molecule has 0 unspecified atom stereocenters. The van der Waals surface area contributed by atoms with E-state index in [2.05, 4.69) is 27.7 Å². The van der Waals surface area contributed by atoms with Gasteiger partial charge in [-0.15, -0.1) is 0 Å². The third-order valence-corrected chi connectivity index (χ3v) is 4.13. The molecule has 0 aliphatic rings. The molecule has 2 aromatic carbocycles. The van der Waals surface area contributed by atoms with E-state index in [0.29, 0.717) is 11.4 Å². The molecule has 0 radical (unpaired) electrons. The van der Waals surface area contributed by atoms with E-state index >= 15 is 0 Å². The molecule has 0 aliphatic carbocycles. The predicted octanol–water partition coefficient (Wildman–Crippen LogP) is 3.82. The van der Waals surface area contributed by atoms with Crippen molar-refractivity contribution in [2.45, 2.75) is 25.9 Å². The minimum Gasteiger partial charge on any atom is -0.495 e. The van der Waals surface area contributed by atoms with Crippen LogP contribution in [0, 0.1) is 6.92 Å². The third-order valence-electron chi connectivity index (χ3n) is 4.13. The van der Waals surface area contributed by atoms with E-state index in [-0.39, 0.29) is 18.1 Å². The summed E-state index contributed by atoms with van der Waals surface area (Å²) in [6.45, 7) is 3.98. The number of nitrogens with zero attached hydrogens (tertiary/aromatic N) is 1. The molecule has 2 aromatic rings. The van der Waals surface area contributed by atoms with Crippen molar-refractivity contribution in [1.29, 1.82) is 0 Å². The van der Waals surface area contributed by atoms with Crippen molar-refractivity contribution in [2.24, 2.45) is 0 Å². The number of amides is 2. The summed E-state index contributed by atoms with van der Waals surface area (Å²) in [6, 6.07) is 15.6. The van der Waals surface area contributed by atoms with Crippen LogP contribution in [0.15, 0.2) is 48.5 Å². The van der Waals surface area contributed by atoms with Crippen LogP contribution < -0.4 is 15.4 Å². The quantitative estimate of drug-likeness (QED) is 0.840. The third kappa shape index (κ3) is 4.97. The normalized spacial score (nSPS) is 13.2. The molecule has 2 amide bonds. The molecule has 0 saturated carbocycles. The highest BCUT2D eigenvalue weighted by atomic mass is 16.5. The highest BCUT2D eigenvalue weighted by Crippen LogP contribution is 2.26. The molecule has 0 spiro atoms. The maximum absolute atomic E-state index is 12.5. The number of carbonyl (C=O) groups excluding carboxylic acids is 1. The predicted molar refractivity (Wildman–Crippen MR) is 102 cm³/mol. The van der Waals surface area contributed by atoms with E-state index < -0.39 is 0 Å². The highest BCUT2D eigenvalue weighted by molar-refractivity contribution is 5.91. The zero-order chi connectivity index (χ0) is 18.4. The van der Waals surface area contributed by atoms with Crippen LogP contribution in [-0.4, -0.2) is 38.2 Å². The highest BCUT2D eigenvalue weighted by Gasteiger charge is 2.23. The largest absolute Gasteiger partial charge is 0.495 e. The fourth-order valence-electron chi connectivity index (χ4n) is 3.05. The van der Waals surface area contributed by atoms with Gasteiger partial charge in [-0.2, -0.15) is 0 Å². The van der Waals surface area contributed by atoms with E-state index in [1.54, 1.807) is 7.11 Å². The number of hydrogen-bond donors (Lipinski definition) is 2. The van der Waals surface area contributed by atoms with E-state index in [4.69, 9.17) is 4.74 Å². The molecule has 0 heterocycles. The molecule has 2 atom stereocenters. The molecule has 0 fully saturated rings. The number of nitrogens with one attached hydrogen (secondary N) is 2. The number of urea groups is 1. The van der Waals surface area contributed by atoms with Crippen molar-refractivity contribution in [2.75, 3.05) is 26.5 Å². The van der Waals surface area contributed by atoms with Crippen LogP contribution in [0.3, 0.4) is 0 Å². The minimum absolute atomic E-state index is 0.0753. The summed E-state index contributed by atoms with van der Waals surface area (Å²) in [6.07, 6.45) is 0. The van der Waals surface area contributed by atoms with Gasteiger partial charge in [-0.3, -0.25) is 0 Å². The molecule has 0 bridgehead atoms. The Morgan fingerprint density at radius 1 is 1.12 bits per heavy atom. The Morgan fingerprint density at radius 2 is 1.80 bits per heavy atom. The monoisotopic (exact) mass is 341 g/mol. The number of benzene rings is 2. The molecule has 0 saturated heterocycles. The van der Waals surface area contributed by atoms with Crippen molar-refractivity contribution < 1.29 is 9.53 Å². The van der Waals surface area contributed by atoms with Gasteiger partial charge in [0.15, 0.2) is 0 Å². The Morgan fingerprint density at radius 3 is 2.40 bits per heavy atom. The van der Waals surface area contributed by atoms with Crippen molar-refractivity contribution in [3.8, 4) is 5.75 Å². The fourth-order valence-corrected chi connectivity index (χ4v) is 3.05. The average molecular weight is 341 g/mol. The Hall–Kier alpha value is -2.53. The number of carbonyl (C=O) groups is 1. The second kappa shape index (κ2) is 8.53. The molecule has 134 valence electrons. The van der Waals surface area contributed by atoms with E-state index in [1.807, 2.05) is 64.3 Å². The number of likely N-dealkylation sites (N-methyl/N-ethyl adjacent to an activating group) is 1. The first-order valence-electron chi connectivity index (χ1n) is 8.36. The first-order chi connectivity index (χ1) is 11.9. The van der Waals surface area contributed by atoms with Gasteiger partial charge in [0.05, 0.1) is 18.8 Å². The summed E-state index contributed by atoms with van der Waals surface area (Å²) in [4.78, 5) is 14.6. The minimum atomic E-state index is -0.251. The molecule has 0 aromatic heterocycles. The van der Waals surface area contributed by atoms with Gasteiger partial charge in [-0.1, -0.05) is 36.4 Å². The van der Waals surface area contributed by atoms with Gasteiger partial charge >= 0.3 is 6.03 Å².